The fourth-order valence-electron chi connectivity index (χ4n) is 3.15. The number of carboxylic acids is 1. The van der Waals surface area contributed by atoms with Crippen molar-refractivity contribution in [3.63, 3.8) is 0 Å². The van der Waals surface area contributed by atoms with Crippen LogP contribution in [0.4, 0.5) is 18.9 Å². The number of amides is 1. The van der Waals surface area contributed by atoms with Crippen molar-refractivity contribution < 1.29 is 37.3 Å². The average Bonchev–Trinajstić information content (AvgIpc) is 3.05. The number of hydrogen-bond acceptors (Lipinski definition) is 6. The highest BCUT2D eigenvalue weighted by molar-refractivity contribution is 8.27. The quantitative estimate of drug-likeness (QED) is 0.303. The van der Waals surface area contributed by atoms with Crippen molar-refractivity contribution >= 4 is 63.5 Å². The Labute approximate surface area is 213 Å². The minimum Gasteiger partial charge on any atom is -0.490 e. The maximum absolute atomic E-state index is 13.3. The molecule has 1 unspecified atom stereocenters. The lowest BCUT2D eigenvalue weighted by molar-refractivity contribution is -0.145. The monoisotopic (exact) mass is 545 g/mol. The highest BCUT2D eigenvalue weighted by Gasteiger charge is 2.37. The number of ether oxygens (including phenoxy) is 2. The van der Waals surface area contributed by atoms with Crippen molar-refractivity contribution in [1.29, 1.82) is 0 Å². The first-order valence-corrected chi connectivity index (χ1v) is 11.9. The molecule has 0 spiro atoms. The van der Waals surface area contributed by atoms with Gasteiger partial charge in [0.15, 0.2) is 21.9 Å². The molecule has 35 heavy (non-hydrogen) atoms. The summed E-state index contributed by atoms with van der Waals surface area (Å²) in [7, 11) is 0. The lowest BCUT2D eigenvalue weighted by Crippen LogP contribution is -2.27. The Kier molecular flexibility index (Phi) is 8.34. The third kappa shape index (κ3) is 6.09. The second kappa shape index (κ2) is 10.9. The van der Waals surface area contributed by atoms with Crippen molar-refractivity contribution in [3.05, 3.63) is 57.5 Å². The van der Waals surface area contributed by atoms with E-state index in [9.17, 15) is 27.9 Å². The van der Waals surface area contributed by atoms with E-state index in [1.165, 1.54) is 18.2 Å². The Morgan fingerprint density at radius 3 is 2.54 bits per heavy atom. The summed E-state index contributed by atoms with van der Waals surface area (Å²) >= 11 is 11.9. The molecule has 0 bridgehead atoms. The summed E-state index contributed by atoms with van der Waals surface area (Å²) in [4.78, 5) is 25.5. The van der Waals surface area contributed by atoms with Crippen LogP contribution < -0.4 is 14.4 Å². The number of anilines is 1. The highest BCUT2D eigenvalue weighted by atomic mass is 35.5. The Bertz CT molecular complexity index is 1200. The predicted octanol–water partition coefficient (Wildman–Crippen LogP) is 6.41. The van der Waals surface area contributed by atoms with Crippen LogP contribution in [0.25, 0.3) is 6.08 Å². The summed E-state index contributed by atoms with van der Waals surface area (Å²) in [6.45, 7) is 3.70. The van der Waals surface area contributed by atoms with Crippen LogP contribution in [0.3, 0.4) is 0 Å². The number of hydrogen-bond donors (Lipinski definition) is 1. The number of alkyl halides is 3. The lowest BCUT2D eigenvalue weighted by Gasteiger charge is -2.17. The molecule has 1 saturated heterocycles. The number of aliphatic carboxylic acids is 1. The summed E-state index contributed by atoms with van der Waals surface area (Å²) in [6.07, 6.45) is -4.00. The SMILES string of the molecule is CCOc1cc(/C=C2/SC(=S)N(c3ccc(Cl)c(C(F)(F)F)c3)C2=O)ccc1OC(CC)C(=O)O. The zero-order chi connectivity index (χ0) is 25.9. The first kappa shape index (κ1) is 26.8. The number of benzene rings is 2. The predicted molar refractivity (Wildman–Crippen MR) is 132 cm³/mol. The third-order valence-electron chi connectivity index (χ3n) is 4.79. The zero-order valence-corrected chi connectivity index (χ0v) is 20.8. The Hall–Kier alpha value is -2.76. The minimum absolute atomic E-state index is 0.0503. The number of carbonyl (C=O) groups excluding carboxylic acids is 1. The molecule has 12 heteroatoms. The minimum atomic E-state index is -4.69. The Balaban J connectivity index is 1.92. The van der Waals surface area contributed by atoms with Gasteiger partial charge >= 0.3 is 12.1 Å². The van der Waals surface area contributed by atoms with Gasteiger partial charge in [-0.3, -0.25) is 9.69 Å². The Morgan fingerprint density at radius 1 is 1.23 bits per heavy atom. The van der Waals surface area contributed by atoms with Crippen molar-refractivity contribution in [2.45, 2.75) is 32.5 Å². The van der Waals surface area contributed by atoms with Crippen LogP contribution in [0.2, 0.25) is 5.02 Å². The third-order valence-corrected chi connectivity index (χ3v) is 6.42. The molecule has 186 valence electrons. The van der Waals surface area contributed by atoms with Crippen LogP contribution in [-0.2, 0) is 15.8 Å². The van der Waals surface area contributed by atoms with Gasteiger partial charge in [-0.1, -0.05) is 48.6 Å². The van der Waals surface area contributed by atoms with Crippen LogP contribution in [-0.4, -0.2) is 34.0 Å². The van der Waals surface area contributed by atoms with Crippen molar-refractivity contribution in [3.8, 4) is 11.5 Å². The van der Waals surface area contributed by atoms with E-state index in [1.54, 1.807) is 26.0 Å². The molecule has 1 aliphatic heterocycles. The maximum atomic E-state index is 13.3. The molecule has 1 amide bonds. The highest BCUT2D eigenvalue weighted by Crippen LogP contribution is 2.41. The molecule has 0 saturated carbocycles. The van der Waals surface area contributed by atoms with E-state index < -0.39 is 34.7 Å². The van der Waals surface area contributed by atoms with Gasteiger partial charge in [-0.25, -0.2) is 4.79 Å². The standard InChI is InChI=1S/C23H19ClF3NO5S2/c1-3-16(21(30)31)33-17-8-5-12(9-18(17)32-4-2)10-19-20(29)28(22(34)35-19)13-6-7-15(24)14(11-13)23(25,26)27/h5-11,16H,3-4H2,1-2H3,(H,30,31)/b19-10+. The fourth-order valence-corrected chi connectivity index (χ4v) is 4.68. The number of thiocarbonyl (C=S) groups is 1. The summed E-state index contributed by atoms with van der Waals surface area (Å²) in [5.41, 5.74) is -0.596. The van der Waals surface area contributed by atoms with E-state index in [4.69, 9.17) is 33.3 Å². The number of rotatable bonds is 8. The van der Waals surface area contributed by atoms with Gasteiger partial charge in [-0.15, -0.1) is 0 Å². The van der Waals surface area contributed by atoms with Gasteiger partial charge in [-0.2, -0.15) is 13.2 Å². The molecule has 1 atom stereocenters. The van der Waals surface area contributed by atoms with Crippen LogP contribution >= 0.6 is 35.6 Å². The number of halogens is 4. The Morgan fingerprint density at radius 2 is 1.94 bits per heavy atom. The van der Waals surface area contributed by atoms with E-state index >= 15 is 0 Å². The van der Waals surface area contributed by atoms with Gasteiger partial charge in [0.05, 0.1) is 27.8 Å². The molecule has 0 radical (unpaired) electrons. The van der Waals surface area contributed by atoms with E-state index in [0.29, 0.717) is 5.56 Å². The summed E-state index contributed by atoms with van der Waals surface area (Å²) in [5, 5.41) is 8.76. The van der Waals surface area contributed by atoms with Gasteiger partial charge in [-0.05, 0) is 55.3 Å². The number of thioether (sulfide) groups is 1. The van der Waals surface area contributed by atoms with Gasteiger partial charge in [0, 0.05) is 0 Å². The van der Waals surface area contributed by atoms with Gasteiger partial charge in [0.2, 0.25) is 0 Å². The average molecular weight is 546 g/mol. The van der Waals surface area contributed by atoms with Crippen LogP contribution in [0.15, 0.2) is 41.3 Å². The zero-order valence-electron chi connectivity index (χ0n) is 18.4. The molecule has 1 N–H and O–H groups in total. The van der Waals surface area contributed by atoms with Gasteiger partial charge < -0.3 is 14.6 Å². The van der Waals surface area contributed by atoms with Gasteiger partial charge in [0.1, 0.15) is 0 Å². The van der Waals surface area contributed by atoms with Crippen molar-refractivity contribution in [2.24, 2.45) is 0 Å². The van der Waals surface area contributed by atoms with E-state index in [2.05, 4.69) is 0 Å². The molecule has 0 aromatic heterocycles. The molecule has 2 aromatic carbocycles. The number of carbonyl (C=O) groups is 2. The van der Waals surface area contributed by atoms with Crippen LogP contribution in [0, 0.1) is 0 Å². The van der Waals surface area contributed by atoms with E-state index in [0.717, 1.165) is 28.8 Å². The van der Waals surface area contributed by atoms with E-state index in [-0.39, 0.29) is 39.4 Å². The molecule has 0 aliphatic carbocycles. The summed E-state index contributed by atoms with van der Waals surface area (Å²) < 4.78 is 51.0. The maximum Gasteiger partial charge on any atom is 0.417 e. The molecule has 1 heterocycles. The smallest absolute Gasteiger partial charge is 0.417 e. The lowest BCUT2D eigenvalue weighted by atomic mass is 10.1. The van der Waals surface area contributed by atoms with Crippen LogP contribution in [0.1, 0.15) is 31.4 Å². The largest absolute Gasteiger partial charge is 0.490 e. The molecular weight excluding hydrogens is 527 g/mol. The molecule has 6 nitrogen and oxygen atoms in total. The normalized spacial score (nSPS) is 16.1. The molecule has 3 rings (SSSR count). The first-order chi connectivity index (χ1) is 16.5. The molecular formula is C23H19ClF3NO5S2. The second-order valence-electron chi connectivity index (χ2n) is 7.17. The first-order valence-electron chi connectivity index (χ1n) is 10.3. The van der Waals surface area contributed by atoms with Crippen molar-refractivity contribution in [1.82, 2.24) is 0 Å². The fraction of sp³-hybridized carbons (Fsp3) is 0.261. The number of carboxylic acid groups (broad SMARTS) is 1. The topological polar surface area (TPSA) is 76.1 Å². The summed E-state index contributed by atoms with van der Waals surface area (Å²) in [5.74, 6) is -1.19. The van der Waals surface area contributed by atoms with Gasteiger partial charge in [0.25, 0.3) is 5.91 Å². The van der Waals surface area contributed by atoms with Crippen molar-refractivity contribution in [2.75, 3.05) is 11.5 Å². The molecule has 1 aliphatic rings. The van der Waals surface area contributed by atoms with E-state index in [1.807, 2.05) is 0 Å². The second-order valence-corrected chi connectivity index (χ2v) is 9.25. The molecule has 1 fully saturated rings. The molecule has 2 aromatic rings. The summed E-state index contributed by atoms with van der Waals surface area (Å²) in [6, 6.07) is 7.83. The van der Waals surface area contributed by atoms with Crippen LogP contribution in [0.5, 0.6) is 11.5 Å². The number of nitrogens with zero attached hydrogens (tertiary/aromatic N) is 1.